The first-order valence-electron chi connectivity index (χ1n) is 8.54. The van der Waals surface area contributed by atoms with E-state index in [1.807, 2.05) is 24.3 Å². The van der Waals surface area contributed by atoms with E-state index in [0.717, 1.165) is 11.1 Å². The average molecular weight is 355 g/mol. The Hall–Kier alpha value is -2.66. The number of amides is 1. The van der Waals surface area contributed by atoms with Gasteiger partial charge in [-0.3, -0.25) is 4.79 Å². The largest absolute Gasteiger partial charge is 0.480 e. The molecule has 2 aromatic rings. The molecule has 2 rings (SSSR count). The normalized spacial score (nSPS) is 13.7. The lowest BCUT2D eigenvalue weighted by Gasteiger charge is -2.20. The van der Waals surface area contributed by atoms with Gasteiger partial charge in [-0.1, -0.05) is 75.4 Å². The van der Waals surface area contributed by atoms with E-state index < -0.39 is 24.0 Å². The fourth-order valence-electron chi connectivity index (χ4n) is 2.61. The first kappa shape index (κ1) is 19.7. The maximum Gasteiger partial charge on any atom is 0.326 e. The lowest BCUT2D eigenvalue weighted by Crippen LogP contribution is -2.44. The van der Waals surface area contributed by atoms with Crippen molar-refractivity contribution in [2.45, 2.75) is 44.8 Å². The minimum absolute atomic E-state index is 0.0126. The molecule has 0 heterocycles. The molecule has 2 aromatic carbocycles. The second kappa shape index (κ2) is 8.15. The third kappa shape index (κ3) is 5.17. The van der Waals surface area contributed by atoms with Gasteiger partial charge in [0.15, 0.2) is 6.10 Å². The maximum absolute atomic E-state index is 12.2. The van der Waals surface area contributed by atoms with Crippen LogP contribution in [0.2, 0.25) is 0 Å². The number of nitrogens with one attached hydrogen (secondary N) is 1. The summed E-state index contributed by atoms with van der Waals surface area (Å²) in [6.07, 6.45) is -1.26. The van der Waals surface area contributed by atoms with Crippen LogP contribution in [0.1, 0.15) is 43.6 Å². The van der Waals surface area contributed by atoms with Crippen LogP contribution < -0.4 is 5.32 Å². The predicted molar refractivity (Wildman–Crippen MR) is 99.8 cm³/mol. The summed E-state index contributed by atoms with van der Waals surface area (Å²) in [5, 5.41) is 21.9. The molecule has 2 atom stereocenters. The van der Waals surface area contributed by atoms with Gasteiger partial charge >= 0.3 is 5.97 Å². The van der Waals surface area contributed by atoms with Crippen LogP contribution in [-0.4, -0.2) is 28.1 Å². The standard InChI is InChI=1S/C21H25NO4/c1-21(2,3)16-11-9-14(10-12-16)13-17(20(25)26)22-19(24)18(23)15-7-5-4-6-8-15/h4-12,17-18,23H,13H2,1-3H3,(H,22,24)(H,25,26)/t17-,18-/m0/s1. The van der Waals surface area contributed by atoms with Crippen molar-refractivity contribution in [3.05, 3.63) is 71.3 Å². The quantitative estimate of drug-likeness (QED) is 0.744. The molecule has 0 spiro atoms. The third-order valence-corrected chi connectivity index (χ3v) is 4.24. The predicted octanol–water partition coefficient (Wildman–Crippen LogP) is 2.83. The van der Waals surface area contributed by atoms with Gasteiger partial charge in [0.1, 0.15) is 6.04 Å². The van der Waals surface area contributed by atoms with Gasteiger partial charge in [-0.2, -0.15) is 0 Å². The van der Waals surface area contributed by atoms with Gasteiger partial charge in [-0.15, -0.1) is 0 Å². The van der Waals surface area contributed by atoms with Gasteiger partial charge in [-0.05, 0) is 22.1 Å². The van der Waals surface area contributed by atoms with Gasteiger partial charge in [0.25, 0.3) is 5.91 Å². The molecule has 0 unspecified atom stereocenters. The summed E-state index contributed by atoms with van der Waals surface area (Å²) in [4.78, 5) is 23.7. The number of rotatable bonds is 6. The molecule has 5 nitrogen and oxygen atoms in total. The number of aliphatic carboxylic acids is 1. The Bertz CT molecular complexity index is 748. The van der Waals surface area contributed by atoms with Gasteiger partial charge in [0, 0.05) is 6.42 Å². The van der Waals surface area contributed by atoms with Crippen LogP contribution in [0.3, 0.4) is 0 Å². The molecular formula is C21H25NO4. The zero-order valence-electron chi connectivity index (χ0n) is 15.3. The highest BCUT2D eigenvalue weighted by Crippen LogP contribution is 2.22. The van der Waals surface area contributed by atoms with E-state index in [4.69, 9.17) is 0 Å². The van der Waals surface area contributed by atoms with Crippen molar-refractivity contribution in [1.29, 1.82) is 0 Å². The molecule has 0 fully saturated rings. The summed E-state index contributed by atoms with van der Waals surface area (Å²) in [7, 11) is 0. The number of carboxylic acids is 1. The van der Waals surface area contributed by atoms with Crippen LogP contribution in [0.5, 0.6) is 0 Å². The summed E-state index contributed by atoms with van der Waals surface area (Å²) >= 11 is 0. The average Bonchev–Trinajstić information content (AvgIpc) is 2.60. The number of aliphatic hydroxyl groups excluding tert-OH is 1. The number of carbonyl (C=O) groups is 2. The van der Waals surface area contributed by atoms with Crippen molar-refractivity contribution in [2.24, 2.45) is 0 Å². The minimum Gasteiger partial charge on any atom is -0.480 e. The molecule has 0 saturated heterocycles. The van der Waals surface area contributed by atoms with E-state index in [2.05, 4.69) is 26.1 Å². The fourth-order valence-corrected chi connectivity index (χ4v) is 2.61. The van der Waals surface area contributed by atoms with E-state index in [1.165, 1.54) is 0 Å². The molecule has 0 aromatic heterocycles. The van der Waals surface area contributed by atoms with Crippen molar-refractivity contribution in [3.8, 4) is 0 Å². The van der Waals surface area contributed by atoms with Crippen LogP contribution in [0.4, 0.5) is 0 Å². The number of aliphatic hydroxyl groups is 1. The molecule has 0 saturated carbocycles. The SMILES string of the molecule is CC(C)(C)c1ccc(C[C@H](NC(=O)[C@@H](O)c2ccccc2)C(=O)O)cc1. The third-order valence-electron chi connectivity index (χ3n) is 4.24. The highest BCUT2D eigenvalue weighted by molar-refractivity contribution is 5.87. The minimum atomic E-state index is -1.40. The topological polar surface area (TPSA) is 86.6 Å². The zero-order chi connectivity index (χ0) is 19.3. The zero-order valence-corrected chi connectivity index (χ0v) is 15.3. The molecular weight excluding hydrogens is 330 g/mol. The lowest BCUT2D eigenvalue weighted by molar-refractivity contribution is -0.143. The van der Waals surface area contributed by atoms with Crippen LogP contribution in [0.15, 0.2) is 54.6 Å². The van der Waals surface area contributed by atoms with E-state index in [-0.39, 0.29) is 11.8 Å². The van der Waals surface area contributed by atoms with Gasteiger partial charge in [0.2, 0.25) is 0 Å². The Morgan fingerprint density at radius 1 is 1.00 bits per heavy atom. The van der Waals surface area contributed by atoms with Crippen molar-refractivity contribution in [3.63, 3.8) is 0 Å². The lowest BCUT2D eigenvalue weighted by atomic mass is 9.86. The second-order valence-electron chi connectivity index (χ2n) is 7.36. The monoisotopic (exact) mass is 355 g/mol. The molecule has 1 amide bonds. The molecule has 0 radical (unpaired) electrons. The first-order chi connectivity index (χ1) is 12.2. The summed E-state index contributed by atoms with van der Waals surface area (Å²) in [5.41, 5.74) is 2.39. The maximum atomic E-state index is 12.2. The molecule has 5 heteroatoms. The van der Waals surface area contributed by atoms with E-state index in [0.29, 0.717) is 5.56 Å². The molecule has 138 valence electrons. The Labute approximate surface area is 153 Å². The van der Waals surface area contributed by atoms with Crippen molar-refractivity contribution in [1.82, 2.24) is 5.32 Å². The number of benzene rings is 2. The smallest absolute Gasteiger partial charge is 0.326 e. The molecule has 0 aliphatic rings. The Kier molecular flexibility index (Phi) is 6.16. The highest BCUT2D eigenvalue weighted by Gasteiger charge is 2.25. The van der Waals surface area contributed by atoms with E-state index in [9.17, 15) is 19.8 Å². The molecule has 0 bridgehead atoms. The number of carboxylic acid groups (broad SMARTS) is 1. The molecule has 0 aliphatic heterocycles. The summed E-state index contributed by atoms with van der Waals surface area (Å²) < 4.78 is 0. The van der Waals surface area contributed by atoms with E-state index in [1.54, 1.807) is 30.3 Å². The number of hydrogen-bond acceptors (Lipinski definition) is 3. The van der Waals surface area contributed by atoms with Gasteiger partial charge in [0.05, 0.1) is 0 Å². The fraction of sp³-hybridized carbons (Fsp3) is 0.333. The molecule has 26 heavy (non-hydrogen) atoms. The Morgan fingerprint density at radius 2 is 1.58 bits per heavy atom. The highest BCUT2D eigenvalue weighted by atomic mass is 16.4. The first-order valence-corrected chi connectivity index (χ1v) is 8.54. The number of carbonyl (C=O) groups excluding carboxylic acids is 1. The summed E-state index contributed by atoms with van der Waals surface area (Å²) in [5.74, 6) is -1.87. The molecule has 0 aliphatic carbocycles. The van der Waals surface area contributed by atoms with Gasteiger partial charge < -0.3 is 15.5 Å². The summed E-state index contributed by atoms with van der Waals surface area (Å²) in [6.45, 7) is 6.31. The van der Waals surface area contributed by atoms with Crippen LogP contribution in [-0.2, 0) is 21.4 Å². The Morgan fingerprint density at radius 3 is 2.08 bits per heavy atom. The Balaban J connectivity index is 2.07. The number of hydrogen-bond donors (Lipinski definition) is 3. The van der Waals surface area contributed by atoms with E-state index >= 15 is 0 Å². The van der Waals surface area contributed by atoms with Crippen molar-refractivity contribution in [2.75, 3.05) is 0 Å². The van der Waals surface area contributed by atoms with Crippen molar-refractivity contribution >= 4 is 11.9 Å². The summed E-state index contributed by atoms with van der Waals surface area (Å²) in [6, 6.07) is 15.0. The van der Waals surface area contributed by atoms with Gasteiger partial charge in [-0.25, -0.2) is 4.79 Å². The van der Waals surface area contributed by atoms with Crippen molar-refractivity contribution < 1.29 is 19.8 Å². The molecule has 3 N–H and O–H groups in total. The van der Waals surface area contributed by atoms with Crippen LogP contribution in [0.25, 0.3) is 0 Å². The second-order valence-corrected chi connectivity index (χ2v) is 7.36. The van der Waals surface area contributed by atoms with Crippen LogP contribution >= 0.6 is 0 Å². The van der Waals surface area contributed by atoms with Crippen LogP contribution in [0, 0.1) is 0 Å².